The molecule has 1 aromatic heterocycles. The van der Waals surface area contributed by atoms with Crippen LogP contribution in [0, 0.1) is 0 Å². The van der Waals surface area contributed by atoms with Gasteiger partial charge >= 0.3 is 6.09 Å². The first-order valence-electron chi connectivity index (χ1n) is 9.11. The minimum Gasteiger partial charge on any atom is -0.443 e. The first-order valence-corrected chi connectivity index (χ1v) is 9.11. The van der Waals surface area contributed by atoms with Gasteiger partial charge < -0.3 is 10.1 Å². The van der Waals surface area contributed by atoms with E-state index in [0.29, 0.717) is 6.54 Å². The van der Waals surface area contributed by atoms with E-state index < -0.39 is 5.60 Å². The molecule has 2 heterocycles. The Morgan fingerprint density at radius 2 is 2.21 bits per heavy atom. The molecule has 0 radical (unpaired) electrons. The van der Waals surface area contributed by atoms with Crippen LogP contribution in [0.4, 0.5) is 10.6 Å². The highest BCUT2D eigenvalue weighted by Gasteiger charge is 2.28. The first kappa shape index (κ1) is 18.7. The Morgan fingerprint density at radius 3 is 2.83 bits per heavy atom. The van der Waals surface area contributed by atoms with Gasteiger partial charge in [-0.15, -0.1) is 0 Å². The number of amides is 1. The number of unbranched alkanes of at least 4 members (excludes halogenated alkanes) is 1. The average Bonchev–Trinajstić information content (AvgIpc) is 2.55. The lowest BCUT2D eigenvalue weighted by atomic mass is 9.97. The van der Waals surface area contributed by atoms with Gasteiger partial charge in [-0.2, -0.15) is 0 Å². The summed E-state index contributed by atoms with van der Waals surface area (Å²) >= 11 is 0. The SMILES string of the molecule is CCCCN(C(=O)OC(C)(C)C)c1ncccc1C1CCCCN1. The molecule has 24 heavy (non-hydrogen) atoms. The highest BCUT2D eigenvalue weighted by molar-refractivity contribution is 5.87. The van der Waals surface area contributed by atoms with Crippen molar-refractivity contribution < 1.29 is 9.53 Å². The number of anilines is 1. The molecular weight excluding hydrogens is 302 g/mol. The zero-order valence-electron chi connectivity index (χ0n) is 15.5. The predicted molar refractivity (Wildman–Crippen MR) is 97.3 cm³/mol. The molecular formula is C19H31N3O2. The Kier molecular flexibility index (Phi) is 6.60. The van der Waals surface area contributed by atoms with Crippen LogP contribution in [0.3, 0.4) is 0 Å². The largest absolute Gasteiger partial charge is 0.443 e. The lowest BCUT2D eigenvalue weighted by Gasteiger charge is -2.31. The molecule has 1 aliphatic heterocycles. The van der Waals surface area contributed by atoms with Crippen LogP contribution < -0.4 is 10.2 Å². The second-order valence-electron chi connectivity index (χ2n) is 7.40. The van der Waals surface area contributed by atoms with Gasteiger partial charge in [-0.1, -0.05) is 25.8 Å². The Hall–Kier alpha value is -1.62. The molecule has 1 N–H and O–H groups in total. The van der Waals surface area contributed by atoms with Crippen LogP contribution in [0.25, 0.3) is 0 Å². The molecule has 0 saturated carbocycles. The minimum absolute atomic E-state index is 0.258. The summed E-state index contributed by atoms with van der Waals surface area (Å²) in [6, 6.07) is 4.28. The molecule has 1 amide bonds. The van der Waals surface area contributed by atoms with E-state index in [1.165, 1.54) is 12.8 Å². The second kappa shape index (κ2) is 8.47. The molecule has 5 heteroatoms. The molecule has 1 aliphatic rings. The molecule has 5 nitrogen and oxygen atoms in total. The van der Waals surface area contributed by atoms with E-state index in [2.05, 4.69) is 23.3 Å². The lowest BCUT2D eigenvalue weighted by molar-refractivity contribution is 0.0578. The standard InChI is InChI=1S/C19H31N3O2/c1-5-6-14-22(18(23)24-19(2,3)4)17-15(10-9-13-21-17)16-11-7-8-12-20-16/h9-10,13,16,20H,5-8,11-12,14H2,1-4H3. The van der Waals surface area contributed by atoms with Crippen molar-refractivity contribution in [2.24, 2.45) is 0 Å². The summed E-state index contributed by atoms with van der Waals surface area (Å²) in [7, 11) is 0. The minimum atomic E-state index is -0.514. The number of piperidine rings is 1. The Balaban J connectivity index is 2.29. The number of ether oxygens (including phenoxy) is 1. The zero-order chi connectivity index (χ0) is 17.6. The van der Waals surface area contributed by atoms with Crippen molar-refractivity contribution in [1.29, 1.82) is 0 Å². The molecule has 1 fully saturated rings. The van der Waals surface area contributed by atoms with Gasteiger partial charge in [0.1, 0.15) is 11.4 Å². The van der Waals surface area contributed by atoms with Crippen molar-refractivity contribution in [1.82, 2.24) is 10.3 Å². The molecule has 0 aromatic carbocycles. The maximum Gasteiger partial charge on any atom is 0.416 e. The normalized spacial score (nSPS) is 18.2. The summed E-state index contributed by atoms with van der Waals surface area (Å²) in [5.74, 6) is 0.736. The molecule has 1 unspecified atom stereocenters. The number of rotatable bonds is 5. The molecule has 134 valence electrons. The van der Waals surface area contributed by atoms with Gasteiger partial charge in [0.25, 0.3) is 0 Å². The van der Waals surface area contributed by atoms with Crippen molar-refractivity contribution in [3.05, 3.63) is 23.9 Å². The molecule has 0 spiro atoms. The van der Waals surface area contributed by atoms with E-state index in [-0.39, 0.29) is 12.1 Å². The summed E-state index contributed by atoms with van der Waals surface area (Å²) in [5, 5.41) is 3.56. The summed E-state index contributed by atoms with van der Waals surface area (Å²) in [4.78, 5) is 19.0. The number of pyridine rings is 1. The summed E-state index contributed by atoms with van der Waals surface area (Å²) < 4.78 is 5.62. The fraction of sp³-hybridized carbons (Fsp3) is 0.684. The van der Waals surface area contributed by atoms with Gasteiger partial charge in [0.05, 0.1) is 0 Å². The maximum atomic E-state index is 12.7. The van der Waals surface area contributed by atoms with Gasteiger partial charge in [0.2, 0.25) is 0 Å². The topological polar surface area (TPSA) is 54.5 Å². The number of aromatic nitrogens is 1. The van der Waals surface area contributed by atoms with E-state index in [1.54, 1.807) is 11.1 Å². The first-order chi connectivity index (χ1) is 11.4. The van der Waals surface area contributed by atoms with Crippen molar-refractivity contribution in [3.8, 4) is 0 Å². The Morgan fingerprint density at radius 1 is 1.42 bits per heavy atom. The number of nitrogens with zero attached hydrogens (tertiary/aromatic N) is 2. The predicted octanol–water partition coefficient (Wildman–Crippen LogP) is 4.44. The summed E-state index contributed by atoms with van der Waals surface area (Å²) in [6.45, 7) is 9.44. The fourth-order valence-electron chi connectivity index (χ4n) is 2.94. The van der Waals surface area contributed by atoms with Crippen LogP contribution in [0.2, 0.25) is 0 Å². The summed E-state index contributed by atoms with van der Waals surface area (Å²) in [6.07, 6.45) is 6.87. The van der Waals surface area contributed by atoms with E-state index in [0.717, 1.165) is 37.2 Å². The number of carbonyl (C=O) groups excluding carboxylic acids is 1. The number of carbonyl (C=O) groups is 1. The fourth-order valence-corrected chi connectivity index (χ4v) is 2.94. The molecule has 0 bridgehead atoms. The monoisotopic (exact) mass is 333 g/mol. The Bertz CT molecular complexity index is 534. The number of hydrogen-bond acceptors (Lipinski definition) is 4. The second-order valence-corrected chi connectivity index (χ2v) is 7.40. The smallest absolute Gasteiger partial charge is 0.416 e. The summed E-state index contributed by atoms with van der Waals surface area (Å²) in [5.41, 5.74) is 0.582. The van der Waals surface area contributed by atoms with Gasteiger partial charge in [0, 0.05) is 24.3 Å². The quantitative estimate of drug-likeness (QED) is 0.865. The average molecular weight is 333 g/mol. The number of hydrogen-bond donors (Lipinski definition) is 1. The molecule has 1 saturated heterocycles. The molecule has 1 aromatic rings. The van der Waals surface area contributed by atoms with Crippen LogP contribution >= 0.6 is 0 Å². The van der Waals surface area contributed by atoms with Gasteiger partial charge in [-0.05, 0) is 52.6 Å². The maximum absolute atomic E-state index is 12.7. The van der Waals surface area contributed by atoms with Crippen LogP contribution in [0.5, 0.6) is 0 Å². The van der Waals surface area contributed by atoms with Crippen LogP contribution in [-0.2, 0) is 4.74 Å². The molecule has 2 rings (SSSR count). The van der Waals surface area contributed by atoms with E-state index >= 15 is 0 Å². The van der Waals surface area contributed by atoms with Crippen LogP contribution in [0.1, 0.15) is 71.4 Å². The van der Waals surface area contributed by atoms with E-state index in [4.69, 9.17) is 4.74 Å². The van der Waals surface area contributed by atoms with Crippen molar-refractivity contribution in [2.45, 2.75) is 71.4 Å². The van der Waals surface area contributed by atoms with Crippen molar-refractivity contribution in [2.75, 3.05) is 18.0 Å². The third-order valence-corrected chi connectivity index (χ3v) is 4.11. The molecule has 0 aliphatic carbocycles. The van der Waals surface area contributed by atoms with E-state index in [9.17, 15) is 4.79 Å². The third kappa shape index (κ3) is 5.20. The highest BCUT2D eigenvalue weighted by Crippen LogP contribution is 2.30. The highest BCUT2D eigenvalue weighted by atomic mass is 16.6. The molecule has 1 atom stereocenters. The van der Waals surface area contributed by atoms with Gasteiger partial charge in [-0.3, -0.25) is 4.90 Å². The van der Waals surface area contributed by atoms with Gasteiger partial charge in [0.15, 0.2) is 0 Å². The van der Waals surface area contributed by atoms with Crippen molar-refractivity contribution in [3.63, 3.8) is 0 Å². The van der Waals surface area contributed by atoms with Crippen molar-refractivity contribution >= 4 is 11.9 Å². The van der Waals surface area contributed by atoms with Crippen LogP contribution in [0.15, 0.2) is 18.3 Å². The van der Waals surface area contributed by atoms with Crippen LogP contribution in [-0.4, -0.2) is 29.8 Å². The zero-order valence-corrected chi connectivity index (χ0v) is 15.5. The van der Waals surface area contributed by atoms with Gasteiger partial charge in [-0.25, -0.2) is 9.78 Å². The third-order valence-electron chi connectivity index (χ3n) is 4.11. The Labute approximate surface area is 145 Å². The van der Waals surface area contributed by atoms with E-state index in [1.807, 2.05) is 26.8 Å². The lowest BCUT2D eigenvalue weighted by Crippen LogP contribution is -2.39. The number of nitrogens with one attached hydrogen (secondary N) is 1.